The smallest absolute Gasteiger partial charge is 0.0831 e. The lowest BCUT2D eigenvalue weighted by Crippen LogP contribution is -2.42. The van der Waals surface area contributed by atoms with Crippen LogP contribution >= 0.6 is 0 Å². The maximum atomic E-state index is 5.61. The number of rotatable bonds is 7. The summed E-state index contributed by atoms with van der Waals surface area (Å²) in [6.07, 6.45) is 2.95. The van der Waals surface area contributed by atoms with E-state index in [1.807, 2.05) is 6.20 Å². The molecule has 0 saturated heterocycles. The molecule has 0 radical (unpaired) electrons. The Hall–Kier alpha value is -0.870. The zero-order chi connectivity index (χ0) is 12.9. The van der Waals surface area contributed by atoms with E-state index in [4.69, 9.17) is 4.74 Å². The average Bonchev–Trinajstić information content (AvgIpc) is 2.74. The quantitative estimate of drug-likeness (QED) is 0.794. The van der Waals surface area contributed by atoms with E-state index < -0.39 is 0 Å². The van der Waals surface area contributed by atoms with Crippen molar-refractivity contribution in [2.24, 2.45) is 0 Å². The van der Waals surface area contributed by atoms with Crippen molar-refractivity contribution in [3.8, 4) is 0 Å². The number of hydrogen-bond donors (Lipinski definition) is 1. The van der Waals surface area contributed by atoms with E-state index in [0.29, 0.717) is 0 Å². The van der Waals surface area contributed by atoms with Crippen LogP contribution in [0.15, 0.2) is 12.3 Å². The second kappa shape index (κ2) is 6.17. The van der Waals surface area contributed by atoms with Crippen LogP contribution in [0.25, 0.3) is 0 Å². The van der Waals surface area contributed by atoms with Gasteiger partial charge >= 0.3 is 0 Å². The van der Waals surface area contributed by atoms with Gasteiger partial charge in [0.25, 0.3) is 0 Å². The Balaban J connectivity index is 3.00. The van der Waals surface area contributed by atoms with Crippen LogP contribution in [0.5, 0.6) is 0 Å². The highest BCUT2D eigenvalue weighted by molar-refractivity contribution is 5.12. The van der Waals surface area contributed by atoms with Gasteiger partial charge in [-0.15, -0.1) is 0 Å². The van der Waals surface area contributed by atoms with E-state index in [9.17, 15) is 0 Å². The monoisotopic (exact) mass is 239 g/mol. The third-order valence-corrected chi connectivity index (χ3v) is 3.11. The van der Waals surface area contributed by atoms with Gasteiger partial charge in [-0.1, -0.05) is 13.8 Å². The van der Waals surface area contributed by atoms with E-state index in [1.165, 1.54) is 5.69 Å². The molecule has 0 spiro atoms. The number of likely N-dealkylation sites (N-methyl/N-ethyl adjacent to an activating group) is 1. The Morgan fingerprint density at radius 1 is 1.47 bits per heavy atom. The highest BCUT2D eigenvalue weighted by Gasteiger charge is 2.32. The first-order chi connectivity index (χ1) is 8.06. The number of hydrogen-bond acceptors (Lipinski definition) is 3. The number of ether oxygens (including phenoxy) is 1. The first-order valence-corrected chi connectivity index (χ1v) is 6.37. The molecule has 0 aliphatic rings. The summed E-state index contributed by atoms with van der Waals surface area (Å²) < 4.78 is 7.67. The van der Waals surface area contributed by atoms with Crippen molar-refractivity contribution < 1.29 is 4.74 Å². The average molecular weight is 239 g/mol. The number of nitrogens with one attached hydrogen (secondary N) is 1. The third kappa shape index (κ3) is 3.30. The lowest BCUT2D eigenvalue weighted by molar-refractivity contribution is -0.0131. The Morgan fingerprint density at radius 2 is 2.18 bits per heavy atom. The number of nitrogens with zero attached hydrogens (tertiary/aromatic N) is 2. The lowest BCUT2D eigenvalue weighted by Gasteiger charge is -2.34. The summed E-state index contributed by atoms with van der Waals surface area (Å²) >= 11 is 0. The summed E-state index contributed by atoms with van der Waals surface area (Å²) in [4.78, 5) is 0. The highest BCUT2D eigenvalue weighted by atomic mass is 16.5. The van der Waals surface area contributed by atoms with Gasteiger partial charge in [-0.25, -0.2) is 0 Å². The highest BCUT2D eigenvalue weighted by Crippen LogP contribution is 2.28. The molecule has 1 aromatic rings. The van der Waals surface area contributed by atoms with Crippen molar-refractivity contribution >= 4 is 0 Å². The van der Waals surface area contributed by atoms with Crippen molar-refractivity contribution in [1.29, 1.82) is 0 Å². The van der Waals surface area contributed by atoms with Gasteiger partial charge in [0.2, 0.25) is 0 Å². The van der Waals surface area contributed by atoms with Gasteiger partial charge < -0.3 is 10.1 Å². The lowest BCUT2D eigenvalue weighted by atomic mass is 9.95. The van der Waals surface area contributed by atoms with E-state index in [1.54, 1.807) is 7.11 Å². The van der Waals surface area contributed by atoms with Crippen LogP contribution in [0, 0.1) is 0 Å². The van der Waals surface area contributed by atoms with Crippen molar-refractivity contribution in [2.45, 2.75) is 52.3 Å². The zero-order valence-electron chi connectivity index (χ0n) is 11.7. The normalized spacial score (nSPS) is 13.9. The Labute approximate surface area is 104 Å². The van der Waals surface area contributed by atoms with Crippen LogP contribution in [-0.2, 0) is 11.3 Å². The van der Waals surface area contributed by atoms with Gasteiger partial charge in [-0.05, 0) is 32.9 Å². The molecular formula is C13H25N3O. The van der Waals surface area contributed by atoms with Gasteiger partial charge in [-0.2, -0.15) is 5.10 Å². The van der Waals surface area contributed by atoms with E-state index in [-0.39, 0.29) is 11.6 Å². The maximum absolute atomic E-state index is 5.61. The predicted octanol–water partition coefficient (Wildman–Crippen LogP) is 2.37. The standard InChI is InChI=1S/C13H25N3O/c1-6-10-16-11(8-9-15-16)12(14-7-2)13(3,4)17-5/h8-9,12,14H,6-7,10H2,1-5H3. The fourth-order valence-corrected chi connectivity index (χ4v) is 2.02. The molecule has 98 valence electrons. The molecule has 1 N–H and O–H groups in total. The van der Waals surface area contributed by atoms with E-state index in [2.05, 4.69) is 48.9 Å². The Morgan fingerprint density at radius 3 is 2.71 bits per heavy atom. The van der Waals surface area contributed by atoms with Crippen LogP contribution < -0.4 is 5.32 Å². The molecule has 0 amide bonds. The zero-order valence-corrected chi connectivity index (χ0v) is 11.7. The van der Waals surface area contributed by atoms with Crippen molar-refractivity contribution in [3.05, 3.63) is 18.0 Å². The third-order valence-electron chi connectivity index (χ3n) is 3.11. The van der Waals surface area contributed by atoms with Crippen LogP contribution in [0.1, 0.15) is 45.9 Å². The second-order valence-electron chi connectivity index (χ2n) is 4.78. The molecule has 0 aliphatic heterocycles. The molecule has 17 heavy (non-hydrogen) atoms. The van der Waals surface area contributed by atoms with E-state index in [0.717, 1.165) is 19.5 Å². The maximum Gasteiger partial charge on any atom is 0.0831 e. The van der Waals surface area contributed by atoms with Crippen molar-refractivity contribution in [3.63, 3.8) is 0 Å². The summed E-state index contributed by atoms with van der Waals surface area (Å²) in [6.45, 7) is 10.3. The molecule has 0 aliphatic carbocycles. The topological polar surface area (TPSA) is 39.1 Å². The SMILES string of the molecule is CCCn1nccc1C(NCC)C(C)(C)OC. The first-order valence-electron chi connectivity index (χ1n) is 6.37. The van der Waals surface area contributed by atoms with Crippen LogP contribution in [0.3, 0.4) is 0 Å². The van der Waals surface area contributed by atoms with Gasteiger partial charge in [-0.3, -0.25) is 4.68 Å². The van der Waals surface area contributed by atoms with Crippen LogP contribution in [0.2, 0.25) is 0 Å². The van der Waals surface area contributed by atoms with Gasteiger partial charge in [0.1, 0.15) is 0 Å². The molecule has 1 aromatic heterocycles. The molecule has 4 nitrogen and oxygen atoms in total. The molecule has 0 aromatic carbocycles. The molecule has 1 atom stereocenters. The summed E-state index contributed by atoms with van der Waals surface area (Å²) in [6, 6.07) is 2.23. The summed E-state index contributed by atoms with van der Waals surface area (Å²) in [5.41, 5.74) is 0.946. The minimum atomic E-state index is -0.248. The fraction of sp³-hybridized carbons (Fsp3) is 0.769. The molecular weight excluding hydrogens is 214 g/mol. The van der Waals surface area contributed by atoms with Gasteiger partial charge in [0.05, 0.1) is 17.3 Å². The van der Waals surface area contributed by atoms with E-state index >= 15 is 0 Å². The Kier molecular flexibility index (Phi) is 5.15. The number of methoxy groups -OCH3 is 1. The molecule has 1 heterocycles. The second-order valence-corrected chi connectivity index (χ2v) is 4.78. The first kappa shape index (κ1) is 14.2. The minimum absolute atomic E-state index is 0.159. The largest absolute Gasteiger partial charge is 0.377 e. The predicted molar refractivity (Wildman–Crippen MR) is 70.0 cm³/mol. The molecule has 1 unspecified atom stereocenters. The summed E-state index contributed by atoms with van der Waals surface area (Å²) in [7, 11) is 1.75. The van der Waals surface area contributed by atoms with Crippen molar-refractivity contribution in [2.75, 3.05) is 13.7 Å². The Bertz CT molecular complexity index is 333. The fourth-order valence-electron chi connectivity index (χ4n) is 2.02. The summed E-state index contributed by atoms with van der Waals surface area (Å²) in [5.74, 6) is 0. The number of aromatic nitrogens is 2. The van der Waals surface area contributed by atoms with Crippen LogP contribution in [-0.4, -0.2) is 29.0 Å². The molecule has 0 saturated carbocycles. The summed E-state index contributed by atoms with van der Waals surface area (Å²) in [5, 5.41) is 7.87. The number of aryl methyl sites for hydroxylation is 1. The van der Waals surface area contributed by atoms with Crippen molar-refractivity contribution in [1.82, 2.24) is 15.1 Å². The molecule has 0 fully saturated rings. The van der Waals surface area contributed by atoms with Gasteiger partial charge in [0, 0.05) is 19.9 Å². The van der Waals surface area contributed by atoms with Gasteiger partial charge in [0.15, 0.2) is 0 Å². The molecule has 4 heteroatoms. The molecule has 0 bridgehead atoms. The van der Waals surface area contributed by atoms with Crippen LogP contribution in [0.4, 0.5) is 0 Å². The molecule has 1 rings (SSSR count). The minimum Gasteiger partial charge on any atom is -0.377 e.